The van der Waals surface area contributed by atoms with Gasteiger partial charge in [-0.1, -0.05) is 0 Å². The second kappa shape index (κ2) is 7.28. The van der Waals surface area contributed by atoms with Crippen molar-refractivity contribution in [2.45, 2.75) is 38.1 Å². The Kier molecular flexibility index (Phi) is 4.88. The van der Waals surface area contributed by atoms with Gasteiger partial charge < -0.3 is 15.1 Å². The van der Waals surface area contributed by atoms with Crippen molar-refractivity contribution in [2.75, 3.05) is 37.6 Å². The van der Waals surface area contributed by atoms with Gasteiger partial charge in [-0.15, -0.1) is 0 Å². The molecule has 0 spiro atoms. The van der Waals surface area contributed by atoms with Gasteiger partial charge in [0.1, 0.15) is 0 Å². The first-order valence-corrected chi connectivity index (χ1v) is 9.58. The van der Waals surface area contributed by atoms with Crippen LogP contribution in [0.1, 0.15) is 32.1 Å². The van der Waals surface area contributed by atoms with Crippen molar-refractivity contribution < 1.29 is 9.18 Å². The van der Waals surface area contributed by atoms with E-state index in [1.165, 1.54) is 6.07 Å². The summed E-state index contributed by atoms with van der Waals surface area (Å²) in [5.74, 6) is 1.57. The summed E-state index contributed by atoms with van der Waals surface area (Å²) in [6, 6.07) is 3.42. The van der Waals surface area contributed by atoms with Crippen LogP contribution < -0.4 is 10.2 Å². The molecular weight excluding hydrogens is 319 g/mol. The standard InChI is InChI=1S/C19H27FN4O/c20-16-2-1-8-22-19(16)23-11-7-17-15(13-23)3-4-18(25)24(17)12-14-5-9-21-10-6-14/h1-2,8,14-15,17,21H,3-7,9-13H2/t15-,17+/m1/s1. The molecular formula is C19H27FN4O. The van der Waals surface area contributed by atoms with Gasteiger partial charge in [-0.2, -0.15) is 0 Å². The van der Waals surface area contributed by atoms with Crippen LogP contribution in [-0.2, 0) is 4.79 Å². The van der Waals surface area contributed by atoms with Gasteiger partial charge in [-0.25, -0.2) is 9.37 Å². The average molecular weight is 346 g/mol. The highest BCUT2D eigenvalue weighted by molar-refractivity contribution is 5.77. The molecule has 25 heavy (non-hydrogen) atoms. The number of carbonyl (C=O) groups excluding carboxylic acids is 1. The van der Waals surface area contributed by atoms with E-state index in [0.29, 0.717) is 36.0 Å². The van der Waals surface area contributed by atoms with Crippen LogP contribution in [0.5, 0.6) is 0 Å². The molecule has 0 unspecified atom stereocenters. The number of hydrogen-bond donors (Lipinski definition) is 1. The Morgan fingerprint density at radius 3 is 2.88 bits per heavy atom. The number of hydrogen-bond acceptors (Lipinski definition) is 4. The minimum absolute atomic E-state index is 0.251. The molecule has 1 aromatic heterocycles. The molecule has 3 saturated heterocycles. The third-order valence-corrected chi connectivity index (χ3v) is 6.10. The number of carbonyl (C=O) groups is 1. The molecule has 136 valence electrons. The van der Waals surface area contributed by atoms with Crippen LogP contribution in [0.15, 0.2) is 18.3 Å². The Balaban J connectivity index is 1.45. The van der Waals surface area contributed by atoms with E-state index >= 15 is 0 Å². The normalized spacial score (nSPS) is 28.1. The number of nitrogens with one attached hydrogen (secondary N) is 1. The summed E-state index contributed by atoms with van der Waals surface area (Å²) in [4.78, 5) is 21.0. The van der Waals surface area contributed by atoms with Crippen molar-refractivity contribution in [3.8, 4) is 0 Å². The molecule has 0 saturated carbocycles. The molecule has 4 rings (SSSR count). The first kappa shape index (κ1) is 16.8. The third kappa shape index (κ3) is 3.50. The lowest BCUT2D eigenvalue weighted by Gasteiger charge is -2.48. The highest BCUT2D eigenvalue weighted by atomic mass is 19.1. The highest BCUT2D eigenvalue weighted by Crippen LogP contribution is 2.34. The first-order chi connectivity index (χ1) is 12.2. The van der Waals surface area contributed by atoms with Crippen molar-refractivity contribution in [1.82, 2.24) is 15.2 Å². The van der Waals surface area contributed by atoms with Crippen LogP contribution in [0.2, 0.25) is 0 Å². The Hall–Kier alpha value is -1.69. The zero-order valence-electron chi connectivity index (χ0n) is 14.7. The fourth-order valence-corrected chi connectivity index (χ4v) is 4.73. The van der Waals surface area contributed by atoms with E-state index in [0.717, 1.165) is 58.4 Å². The summed E-state index contributed by atoms with van der Waals surface area (Å²) in [5, 5.41) is 3.40. The van der Waals surface area contributed by atoms with Crippen molar-refractivity contribution in [1.29, 1.82) is 0 Å². The number of amides is 1. The molecule has 1 amide bonds. The second-order valence-corrected chi connectivity index (χ2v) is 7.65. The molecule has 0 aliphatic carbocycles. The largest absolute Gasteiger partial charge is 0.354 e. The zero-order chi connectivity index (χ0) is 17.2. The van der Waals surface area contributed by atoms with E-state index in [-0.39, 0.29) is 5.82 Å². The van der Waals surface area contributed by atoms with Crippen LogP contribution in [0.25, 0.3) is 0 Å². The minimum Gasteiger partial charge on any atom is -0.354 e. The lowest BCUT2D eigenvalue weighted by Crippen LogP contribution is -2.57. The number of pyridine rings is 1. The number of likely N-dealkylation sites (tertiary alicyclic amines) is 1. The van der Waals surface area contributed by atoms with Crippen LogP contribution in [0, 0.1) is 17.7 Å². The molecule has 0 radical (unpaired) electrons. The van der Waals surface area contributed by atoms with Gasteiger partial charge in [0, 0.05) is 38.3 Å². The topological polar surface area (TPSA) is 48.5 Å². The summed E-state index contributed by atoms with van der Waals surface area (Å²) in [6.07, 6.45) is 6.43. The van der Waals surface area contributed by atoms with E-state index in [1.807, 2.05) is 0 Å². The summed E-state index contributed by atoms with van der Waals surface area (Å²) >= 11 is 0. The predicted octanol–water partition coefficient (Wildman–Crippen LogP) is 2.04. The fourth-order valence-electron chi connectivity index (χ4n) is 4.73. The van der Waals surface area contributed by atoms with E-state index in [1.54, 1.807) is 12.3 Å². The Morgan fingerprint density at radius 1 is 1.24 bits per heavy atom. The lowest BCUT2D eigenvalue weighted by atomic mass is 9.82. The molecule has 0 bridgehead atoms. The molecule has 4 heterocycles. The Morgan fingerprint density at radius 2 is 2.08 bits per heavy atom. The smallest absolute Gasteiger partial charge is 0.222 e. The van der Waals surface area contributed by atoms with Crippen molar-refractivity contribution in [3.63, 3.8) is 0 Å². The van der Waals surface area contributed by atoms with Gasteiger partial charge in [-0.05, 0) is 62.7 Å². The molecule has 0 aromatic carbocycles. The number of halogens is 1. The van der Waals surface area contributed by atoms with Gasteiger partial charge in [0.05, 0.1) is 0 Å². The van der Waals surface area contributed by atoms with E-state index in [2.05, 4.69) is 20.1 Å². The Labute approximate surface area is 148 Å². The van der Waals surface area contributed by atoms with Crippen LogP contribution in [-0.4, -0.2) is 54.6 Å². The SMILES string of the molecule is O=C1CC[C@@H]2CN(c3ncccc3F)CC[C@@H]2N1CC1CCNCC1. The van der Waals surface area contributed by atoms with Gasteiger partial charge in [0.2, 0.25) is 5.91 Å². The molecule has 3 aliphatic heterocycles. The number of aromatic nitrogens is 1. The minimum atomic E-state index is -0.251. The van der Waals surface area contributed by atoms with Crippen molar-refractivity contribution >= 4 is 11.7 Å². The van der Waals surface area contributed by atoms with Crippen molar-refractivity contribution in [3.05, 3.63) is 24.1 Å². The van der Waals surface area contributed by atoms with Gasteiger partial charge >= 0.3 is 0 Å². The second-order valence-electron chi connectivity index (χ2n) is 7.65. The van der Waals surface area contributed by atoms with Crippen LogP contribution in [0.3, 0.4) is 0 Å². The van der Waals surface area contributed by atoms with Gasteiger partial charge in [0.25, 0.3) is 0 Å². The summed E-state index contributed by atoms with van der Waals surface area (Å²) < 4.78 is 14.1. The number of anilines is 1. The highest BCUT2D eigenvalue weighted by Gasteiger charge is 2.40. The lowest BCUT2D eigenvalue weighted by molar-refractivity contribution is -0.140. The maximum Gasteiger partial charge on any atom is 0.222 e. The fraction of sp³-hybridized carbons (Fsp3) is 0.684. The number of piperidine rings is 3. The molecule has 1 N–H and O–H groups in total. The predicted molar refractivity (Wildman–Crippen MR) is 94.8 cm³/mol. The number of fused-ring (bicyclic) bond motifs is 1. The molecule has 6 heteroatoms. The van der Waals surface area contributed by atoms with E-state index < -0.39 is 0 Å². The third-order valence-electron chi connectivity index (χ3n) is 6.10. The molecule has 3 aliphatic rings. The van der Waals surface area contributed by atoms with Crippen molar-refractivity contribution in [2.24, 2.45) is 11.8 Å². The maximum absolute atomic E-state index is 14.1. The van der Waals surface area contributed by atoms with Crippen LogP contribution >= 0.6 is 0 Å². The summed E-state index contributed by atoms with van der Waals surface area (Å²) in [7, 11) is 0. The van der Waals surface area contributed by atoms with E-state index in [9.17, 15) is 9.18 Å². The van der Waals surface area contributed by atoms with Gasteiger partial charge in [-0.3, -0.25) is 4.79 Å². The average Bonchev–Trinajstić information content (AvgIpc) is 2.65. The van der Waals surface area contributed by atoms with Crippen LogP contribution in [0.4, 0.5) is 10.2 Å². The monoisotopic (exact) mass is 346 g/mol. The summed E-state index contributed by atoms with van der Waals surface area (Å²) in [5.41, 5.74) is 0. The number of rotatable bonds is 3. The first-order valence-electron chi connectivity index (χ1n) is 9.58. The zero-order valence-corrected chi connectivity index (χ0v) is 14.7. The molecule has 3 fully saturated rings. The number of nitrogens with zero attached hydrogens (tertiary/aromatic N) is 3. The Bertz CT molecular complexity index is 619. The summed E-state index contributed by atoms with van der Waals surface area (Å²) in [6.45, 7) is 4.60. The molecule has 2 atom stereocenters. The quantitative estimate of drug-likeness (QED) is 0.910. The maximum atomic E-state index is 14.1. The van der Waals surface area contributed by atoms with Gasteiger partial charge in [0.15, 0.2) is 11.6 Å². The molecule has 5 nitrogen and oxygen atoms in total. The van der Waals surface area contributed by atoms with E-state index in [4.69, 9.17) is 0 Å². The molecule has 1 aromatic rings.